The summed E-state index contributed by atoms with van der Waals surface area (Å²) in [6.45, 7) is 0.567. The molecule has 0 saturated carbocycles. The average Bonchev–Trinajstić information content (AvgIpc) is 2.83. The van der Waals surface area contributed by atoms with Gasteiger partial charge in [0.25, 0.3) is 0 Å². The van der Waals surface area contributed by atoms with E-state index >= 15 is 0 Å². The zero-order valence-corrected chi connectivity index (χ0v) is 17.3. The third kappa shape index (κ3) is 4.36. The molecule has 1 atom stereocenters. The van der Waals surface area contributed by atoms with Gasteiger partial charge in [-0.3, -0.25) is 0 Å². The van der Waals surface area contributed by atoms with Crippen LogP contribution in [-0.4, -0.2) is 5.84 Å². The fraction of sp³-hybridized carbons (Fsp3) is 0.107. The van der Waals surface area contributed by atoms with E-state index in [2.05, 4.69) is 59.5 Å². The van der Waals surface area contributed by atoms with E-state index in [9.17, 15) is 0 Å². The van der Waals surface area contributed by atoms with Gasteiger partial charge in [-0.1, -0.05) is 78.9 Å². The average molecular weight is 405 g/mol. The molecule has 1 heterocycles. The first-order valence-electron chi connectivity index (χ1n) is 10.6. The Morgan fingerprint density at radius 3 is 2.00 bits per heavy atom. The van der Waals surface area contributed by atoms with Gasteiger partial charge in [0.15, 0.2) is 0 Å². The summed E-state index contributed by atoms with van der Waals surface area (Å²) < 4.78 is 5.96. The maximum Gasteiger partial charge on any atom is 0.119 e. The van der Waals surface area contributed by atoms with Crippen molar-refractivity contribution in [2.24, 2.45) is 4.99 Å². The highest BCUT2D eigenvalue weighted by Crippen LogP contribution is 2.41. The minimum absolute atomic E-state index is 0.291. The van der Waals surface area contributed by atoms with Crippen LogP contribution in [0.1, 0.15) is 23.6 Å². The number of amidine groups is 1. The molecule has 0 spiro atoms. The van der Waals surface area contributed by atoms with Crippen molar-refractivity contribution in [1.29, 1.82) is 0 Å². The lowest BCUT2D eigenvalue weighted by molar-refractivity contribution is 0.306. The standard InChI is InChI=1S/C28H24N2O/c1-4-10-22(11-5-1)21-31-26-18-16-25(17-19-26)30-27(23-12-6-2-7-13-23)20-28(30)29-24-14-8-3-9-15-24/h1-19,27H,20-21H2/t27-/m0/s1. The van der Waals surface area contributed by atoms with Gasteiger partial charge in [-0.15, -0.1) is 0 Å². The molecule has 4 aromatic carbocycles. The zero-order valence-electron chi connectivity index (χ0n) is 17.3. The van der Waals surface area contributed by atoms with E-state index in [0.717, 1.165) is 34.9 Å². The number of rotatable bonds is 6. The van der Waals surface area contributed by atoms with Crippen molar-refractivity contribution in [3.63, 3.8) is 0 Å². The van der Waals surface area contributed by atoms with E-state index in [-0.39, 0.29) is 0 Å². The third-order valence-electron chi connectivity index (χ3n) is 5.53. The lowest BCUT2D eigenvalue weighted by Crippen LogP contribution is -2.46. The lowest BCUT2D eigenvalue weighted by Gasteiger charge is -2.44. The Kier molecular flexibility index (Phi) is 5.48. The minimum Gasteiger partial charge on any atom is -0.489 e. The summed E-state index contributed by atoms with van der Waals surface area (Å²) in [5, 5.41) is 0. The van der Waals surface area contributed by atoms with E-state index in [0.29, 0.717) is 12.6 Å². The highest BCUT2D eigenvalue weighted by atomic mass is 16.5. The Morgan fingerprint density at radius 1 is 0.710 bits per heavy atom. The number of anilines is 1. The molecule has 31 heavy (non-hydrogen) atoms. The van der Waals surface area contributed by atoms with Crippen molar-refractivity contribution < 1.29 is 4.74 Å². The van der Waals surface area contributed by atoms with Gasteiger partial charge in [0.1, 0.15) is 18.2 Å². The van der Waals surface area contributed by atoms with Crippen LogP contribution in [0.5, 0.6) is 5.75 Å². The maximum atomic E-state index is 5.96. The molecule has 3 heteroatoms. The quantitative estimate of drug-likeness (QED) is 0.347. The molecule has 1 fully saturated rings. The van der Waals surface area contributed by atoms with Gasteiger partial charge in [0.2, 0.25) is 0 Å². The Bertz CT molecular complexity index is 1140. The summed E-state index contributed by atoms with van der Waals surface area (Å²) in [4.78, 5) is 7.23. The fourth-order valence-corrected chi connectivity index (χ4v) is 3.90. The summed E-state index contributed by atoms with van der Waals surface area (Å²) in [6, 6.07) is 39.6. The molecule has 1 saturated heterocycles. The minimum atomic E-state index is 0.291. The van der Waals surface area contributed by atoms with Gasteiger partial charge >= 0.3 is 0 Å². The molecule has 0 amide bonds. The van der Waals surface area contributed by atoms with Gasteiger partial charge < -0.3 is 9.64 Å². The first-order chi connectivity index (χ1) is 15.4. The monoisotopic (exact) mass is 404 g/mol. The van der Waals surface area contributed by atoms with E-state index < -0.39 is 0 Å². The van der Waals surface area contributed by atoms with Gasteiger partial charge in [-0.2, -0.15) is 0 Å². The number of hydrogen-bond donors (Lipinski definition) is 0. The first kappa shape index (κ1) is 19.1. The van der Waals surface area contributed by atoms with Crippen LogP contribution in [0.2, 0.25) is 0 Å². The molecular formula is C28H24N2O. The van der Waals surface area contributed by atoms with Crippen molar-refractivity contribution in [3.05, 3.63) is 126 Å². The summed E-state index contributed by atoms with van der Waals surface area (Å²) in [5.74, 6) is 1.95. The molecule has 4 aromatic rings. The van der Waals surface area contributed by atoms with Crippen molar-refractivity contribution in [1.82, 2.24) is 0 Å². The Labute approximate surface area is 183 Å². The summed E-state index contributed by atoms with van der Waals surface area (Å²) >= 11 is 0. The van der Waals surface area contributed by atoms with Crippen molar-refractivity contribution in [3.8, 4) is 5.75 Å². The molecule has 5 rings (SSSR count). The van der Waals surface area contributed by atoms with Crippen LogP contribution in [-0.2, 0) is 6.61 Å². The largest absolute Gasteiger partial charge is 0.489 e. The van der Waals surface area contributed by atoms with Crippen LogP contribution < -0.4 is 9.64 Å². The molecule has 1 aliphatic heterocycles. The number of benzene rings is 4. The molecule has 3 nitrogen and oxygen atoms in total. The number of aliphatic imine (C=N–C) groups is 1. The Morgan fingerprint density at radius 2 is 1.32 bits per heavy atom. The Balaban J connectivity index is 1.38. The van der Waals surface area contributed by atoms with Crippen LogP contribution in [0.3, 0.4) is 0 Å². The highest BCUT2D eigenvalue weighted by molar-refractivity contribution is 6.06. The van der Waals surface area contributed by atoms with E-state index in [4.69, 9.17) is 9.73 Å². The first-order valence-corrected chi connectivity index (χ1v) is 10.6. The van der Waals surface area contributed by atoms with Gasteiger partial charge in [-0.05, 0) is 47.5 Å². The molecule has 0 N–H and O–H groups in total. The molecule has 152 valence electrons. The third-order valence-corrected chi connectivity index (χ3v) is 5.53. The van der Waals surface area contributed by atoms with E-state index in [1.165, 1.54) is 5.56 Å². The van der Waals surface area contributed by atoms with E-state index in [1.807, 2.05) is 60.7 Å². The van der Waals surface area contributed by atoms with Crippen molar-refractivity contribution in [2.75, 3.05) is 4.90 Å². The number of hydrogen-bond acceptors (Lipinski definition) is 2. The zero-order chi connectivity index (χ0) is 20.9. The Hall–Kier alpha value is -3.85. The summed E-state index contributed by atoms with van der Waals surface area (Å²) in [7, 11) is 0. The predicted octanol–water partition coefficient (Wildman–Crippen LogP) is 6.95. The van der Waals surface area contributed by atoms with Gasteiger partial charge in [0.05, 0.1) is 11.7 Å². The second-order valence-electron chi connectivity index (χ2n) is 7.63. The molecule has 0 unspecified atom stereocenters. The predicted molar refractivity (Wildman–Crippen MR) is 127 cm³/mol. The second-order valence-corrected chi connectivity index (χ2v) is 7.63. The normalized spacial score (nSPS) is 16.7. The molecule has 0 radical (unpaired) electrons. The molecular weight excluding hydrogens is 380 g/mol. The van der Waals surface area contributed by atoms with Crippen molar-refractivity contribution >= 4 is 17.2 Å². The van der Waals surface area contributed by atoms with Crippen LogP contribution in [0.4, 0.5) is 11.4 Å². The molecule has 0 bridgehead atoms. The topological polar surface area (TPSA) is 24.8 Å². The van der Waals surface area contributed by atoms with Crippen molar-refractivity contribution in [2.45, 2.75) is 19.1 Å². The van der Waals surface area contributed by atoms with Crippen LogP contribution in [0.15, 0.2) is 120 Å². The summed E-state index contributed by atoms with van der Waals surface area (Å²) in [6.07, 6.45) is 0.922. The molecule has 0 aliphatic carbocycles. The number of nitrogens with zero attached hydrogens (tertiary/aromatic N) is 2. The van der Waals surface area contributed by atoms with Gasteiger partial charge in [-0.25, -0.2) is 4.99 Å². The number of para-hydroxylation sites is 1. The molecule has 0 aromatic heterocycles. The van der Waals surface area contributed by atoms with Crippen LogP contribution in [0, 0.1) is 0 Å². The number of ether oxygens (including phenoxy) is 1. The highest BCUT2D eigenvalue weighted by Gasteiger charge is 2.36. The second kappa shape index (κ2) is 8.88. The SMILES string of the molecule is c1ccc(COc2ccc(N3C(=Nc4ccccc4)C[C@H]3c3ccccc3)cc2)cc1. The smallest absolute Gasteiger partial charge is 0.119 e. The van der Waals surface area contributed by atoms with Crippen LogP contribution in [0.25, 0.3) is 0 Å². The van der Waals surface area contributed by atoms with E-state index in [1.54, 1.807) is 0 Å². The summed E-state index contributed by atoms with van der Waals surface area (Å²) in [5.41, 5.74) is 4.58. The maximum absolute atomic E-state index is 5.96. The van der Waals surface area contributed by atoms with Gasteiger partial charge in [0, 0.05) is 12.1 Å². The molecule has 1 aliphatic rings. The van der Waals surface area contributed by atoms with Crippen LogP contribution >= 0.6 is 0 Å². The fourth-order valence-electron chi connectivity index (χ4n) is 3.90. The lowest BCUT2D eigenvalue weighted by atomic mass is 9.92.